The van der Waals surface area contributed by atoms with Crippen molar-refractivity contribution in [2.45, 2.75) is 46.7 Å². The number of pyridine rings is 1. The summed E-state index contributed by atoms with van der Waals surface area (Å²) in [7, 11) is 0. The largest absolute Gasteiger partial charge is 0.455 e. The molecule has 3 heteroatoms. The minimum absolute atomic E-state index is 0.0692. The molecule has 0 bridgehead atoms. The fourth-order valence-corrected chi connectivity index (χ4v) is 1.96. The smallest absolute Gasteiger partial charge is 0.150 e. The summed E-state index contributed by atoms with van der Waals surface area (Å²) >= 11 is 0. The van der Waals surface area contributed by atoms with Gasteiger partial charge in [-0.05, 0) is 57.9 Å². The van der Waals surface area contributed by atoms with E-state index in [9.17, 15) is 0 Å². The predicted molar refractivity (Wildman–Crippen MR) is 86.8 cm³/mol. The Morgan fingerprint density at radius 1 is 1.10 bits per heavy atom. The van der Waals surface area contributed by atoms with Gasteiger partial charge >= 0.3 is 0 Å². The lowest BCUT2D eigenvalue weighted by Crippen LogP contribution is -2.35. The summed E-state index contributed by atoms with van der Waals surface area (Å²) in [5.74, 6) is 1.70. The van der Waals surface area contributed by atoms with E-state index in [0.29, 0.717) is 0 Å². The molecule has 0 aliphatic carbocycles. The van der Waals surface area contributed by atoms with Crippen LogP contribution in [0.25, 0.3) is 0 Å². The maximum absolute atomic E-state index is 6.08. The first kappa shape index (κ1) is 15.5. The zero-order chi connectivity index (χ0) is 15.5. The molecule has 1 aromatic carbocycles. The molecule has 2 aromatic rings. The van der Waals surface area contributed by atoms with Crippen LogP contribution in [0.4, 0.5) is 0 Å². The number of nitrogens with zero attached hydrogens (tertiary/aromatic N) is 1. The van der Waals surface area contributed by atoms with Crippen LogP contribution in [0, 0.1) is 13.8 Å². The first-order chi connectivity index (χ1) is 9.87. The molecule has 0 aliphatic heterocycles. The van der Waals surface area contributed by atoms with Crippen LogP contribution >= 0.6 is 0 Å². The van der Waals surface area contributed by atoms with Crippen molar-refractivity contribution in [1.82, 2.24) is 10.3 Å². The average Bonchev–Trinajstić information content (AvgIpc) is 2.42. The van der Waals surface area contributed by atoms with E-state index in [1.807, 2.05) is 18.2 Å². The van der Waals surface area contributed by atoms with Crippen molar-refractivity contribution < 1.29 is 4.74 Å². The van der Waals surface area contributed by atoms with Crippen LogP contribution in [0.5, 0.6) is 11.5 Å². The van der Waals surface area contributed by atoms with Gasteiger partial charge in [0.2, 0.25) is 0 Å². The molecule has 112 valence electrons. The summed E-state index contributed by atoms with van der Waals surface area (Å²) in [4.78, 5) is 4.19. The topological polar surface area (TPSA) is 34.1 Å². The molecule has 1 heterocycles. The third-order valence-electron chi connectivity index (χ3n) is 3.45. The van der Waals surface area contributed by atoms with Crippen molar-refractivity contribution in [3.8, 4) is 11.5 Å². The van der Waals surface area contributed by atoms with Gasteiger partial charge < -0.3 is 10.1 Å². The van der Waals surface area contributed by atoms with Crippen molar-refractivity contribution in [2.24, 2.45) is 0 Å². The molecule has 21 heavy (non-hydrogen) atoms. The SMILES string of the molecule is Cc1cccc(Oc2cnccc2CNC(C)(C)C)c1C. The number of aryl methyl sites for hydroxylation is 1. The highest BCUT2D eigenvalue weighted by Gasteiger charge is 2.12. The van der Waals surface area contributed by atoms with E-state index in [1.54, 1.807) is 12.4 Å². The van der Waals surface area contributed by atoms with Crippen molar-refractivity contribution in [3.63, 3.8) is 0 Å². The molecule has 0 aliphatic rings. The van der Waals surface area contributed by atoms with Gasteiger partial charge in [-0.25, -0.2) is 0 Å². The van der Waals surface area contributed by atoms with E-state index >= 15 is 0 Å². The maximum Gasteiger partial charge on any atom is 0.150 e. The lowest BCUT2D eigenvalue weighted by molar-refractivity contribution is 0.413. The Kier molecular flexibility index (Phi) is 4.63. The molecular formula is C18H24N2O. The molecule has 0 atom stereocenters. The maximum atomic E-state index is 6.08. The van der Waals surface area contributed by atoms with Crippen LogP contribution < -0.4 is 10.1 Å². The summed E-state index contributed by atoms with van der Waals surface area (Å²) in [5, 5.41) is 3.48. The fraction of sp³-hybridized carbons (Fsp3) is 0.389. The first-order valence-corrected chi connectivity index (χ1v) is 7.29. The Balaban J connectivity index is 2.22. The molecule has 0 saturated carbocycles. The monoisotopic (exact) mass is 284 g/mol. The Labute approximate surface area is 127 Å². The highest BCUT2D eigenvalue weighted by atomic mass is 16.5. The normalized spacial score (nSPS) is 11.5. The number of hydrogen-bond acceptors (Lipinski definition) is 3. The highest BCUT2D eigenvalue weighted by molar-refractivity contribution is 5.42. The minimum Gasteiger partial charge on any atom is -0.455 e. The van der Waals surface area contributed by atoms with Crippen LogP contribution in [0.1, 0.15) is 37.5 Å². The molecule has 3 nitrogen and oxygen atoms in total. The van der Waals surface area contributed by atoms with Gasteiger partial charge in [0, 0.05) is 23.8 Å². The number of nitrogens with one attached hydrogen (secondary N) is 1. The fourth-order valence-electron chi connectivity index (χ4n) is 1.96. The van der Waals surface area contributed by atoms with Gasteiger partial charge in [-0.2, -0.15) is 0 Å². The Morgan fingerprint density at radius 3 is 2.57 bits per heavy atom. The summed E-state index contributed by atoms with van der Waals surface area (Å²) in [6.07, 6.45) is 3.58. The molecule has 0 saturated heterocycles. The second kappa shape index (κ2) is 6.27. The van der Waals surface area contributed by atoms with E-state index < -0.39 is 0 Å². The Morgan fingerprint density at radius 2 is 1.86 bits per heavy atom. The quantitative estimate of drug-likeness (QED) is 0.904. The molecular weight excluding hydrogens is 260 g/mol. The molecule has 2 rings (SSSR count). The van der Waals surface area contributed by atoms with Gasteiger partial charge in [0.05, 0.1) is 6.20 Å². The Hall–Kier alpha value is -1.87. The summed E-state index contributed by atoms with van der Waals surface area (Å²) < 4.78 is 6.08. The summed E-state index contributed by atoms with van der Waals surface area (Å²) in [6.45, 7) is 11.4. The summed E-state index contributed by atoms with van der Waals surface area (Å²) in [5.41, 5.74) is 3.57. The third kappa shape index (κ3) is 4.30. The molecule has 1 N–H and O–H groups in total. The third-order valence-corrected chi connectivity index (χ3v) is 3.45. The zero-order valence-electron chi connectivity index (χ0n) is 13.5. The van der Waals surface area contributed by atoms with Crippen molar-refractivity contribution in [2.75, 3.05) is 0 Å². The number of benzene rings is 1. The van der Waals surface area contributed by atoms with Gasteiger partial charge in [-0.3, -0.25) is 4.98 Å². The van der Waals surface area contributed by atoms with Gasteiger partial charge in [0.25, 0.3) is 0 Å². The average molecular weight is 284 g/mol. The highest BCUT2D eigenvalue weighted by Crippen LogP contribution is 2.28. The number of rotatable bonds is 4. The molecule has 0 amide bonds. The van der Waals surface area contributed by atoms with Crippen molar-refractivity contribution in [1.29, 1.82) is 0 Å². The van der Waals surface area contributed by atoms with Gasteiger partial charge in [0.15, 0.2) is 0 Å². The predicted octanol–water partition coefficient (Wildman–Crippen LogP) is 4.38. The Bertz CT molecular complexity index is 615. The molecule has 1 aromatic heterocycles. The zero-order valence-corrected chi connectivity index (χ0v) is 13.5. The molecule has 0 fully saturated rings. The first-order valence-electron chi connectivity index (χ1n) is 7.29. The van der Waals surface area contributed by atoms with E-state index in [1.165, 1.54) is 5.56 Å². The van der Waals surface area contributed by atoms with Gasteiger partial charge in [-0.15, -0.1) is 0 Å². The van der Waals surface area contributed by atoms with E-state index in [4.69, 9.17) is 4.74 Å². The van der Waals surface area contributed by atoms with Crippen LogP contribution in [-0.2, 0) is 6.54 Å². The second-order valence-electron chi connectivity index (χ2n) is 6.39. The van der Waals surface area contributed by atoms with Crippen LogP contribution in [0.15, 0.2) is 36.7 Å². The van der Waals surface area contributed by atoms with Crippen LogP contribution in [0.2, 0.25) is 0 Å². The number of hydrogen-bond donors (Lipinski definition) is 1. The van der Waals surface area contributed by atoms with E-state index in [2.05, 4.69) is 51.0 Å². The lowest BCUT2D eigenvalue weighted by Gasteiger charge is -2.21. The number of aromatic nitrogens is 1. The van der Waals surface area contributed by atoms with Crippen LogP contribution in [-0.4, -0.2) is 10.5 Å². The lowest BCUT2D eigenvalue weighted by atomic mass is 10.1. The molecule has 0 spiro atoms. The van der Waals surface area contributed by atoms with Crippen molar-refractivity contribution in [3.05, 3.63) is 53.3 Å². The van der Waals surface area contributed by atoms with Gasteiger partial charge in [0.1, 0.15) is 11.5 Å². The molecule has 0 radical (unpaired) electrons. The minimum atomic E-state index is 0.0692. The summed E-state index contributed by atoms with van der Waals surface area (Å²) in [6, 6.07) is 8.10. The van der Waals surface area contributed by atoms with Crippen molar-refractivity contribution >= 4 is 0 Å². The standard InChI is InChI=1S/C18H24N2O/c1-13-7-6-8-16(14(13)2)21-17-12-19-10-9-15(17)11-20-18(3,4)5/h6-10,12,20H,11H2,1-5H3. The van der Waals surface area contributed by atoms with Crippen LogP contribution in [0.3, 0.4) is 0 Å². The molecule has 0 unspecified atom stereocenters. The van der Waals surface area contributed by atoms with E-state index in [-0.39, 0.29) is 5.54 Å². The second-order valence-corrected chi connectivity index (χ2v) is 6.39. The van der Waals surface area contributed by atoms with Gasteiger partial charge in [-0.1, -0.05) is 12.1 Å². The van der Waals surface area contributed by atoms with E-state index in [0.717, 1.165) is 29.2 Å². The number of ether oxygens (including phenoxy) is 1.